The van der Waals surface area contributed by atoms with Crippen LogP contribution < -0.4 is 11.1 Å². The Bertz CT molecular complexity index is 491. The van der Waals surface area contributed by atoms with Gasteiger partial charge in [0, 0.05) is 12.2 Å². The van der Waals surface area contributed by atoms with Gasteiger partial charge in [-0.3, -0.25) is 4.79 Å². The van der Waals surface area contributed by atoms with Gasteiger partial charge in [0.25, 0.3) is 5.91 Å². The number of hydrogen-bond acceptors (Lipinski definition) is 3. The van der Waals surface area contributed by atoms with Crippen LogP contribution in [0, 0.1) is 11.8 Å². The fraction of sp³-hybridized carbons (Fsp3) is 0.538. The van der Waals surface area contributed by atoms with Crippen molar-refractivity contribution in [2.24, 2.45) is 11.8 Å². The minimum Gasteiger partial charge on any atom is -0.382 e. The third kappa shape index (κ3) is 2.05. The molecule has 1 aromatic heterocycles. The highest BCUT2D eigenvalue weighted by molar-refractivity contribution is 6.33. The molecule has 96 valence electrons. The Morgan fingerprint density at radius 3 is 2.89 bits per heavy atom. The van der Waals surface area contributed by atoms with E-state index in [1.54, 1.807) is 6.07 Å². The van der Waals surface area contributed by atoms with Gasteiger partial charge in [0.15, 0.2) is 0 Å². The van der Waals surface area contributed by atoms with Crippen molar-refractivity contribution < 1.29 is 4.79 Å². The Hall–Kier alpha value is -1.29. The van der Waals surface area contributed by atoms with Gasteiger partial charge < -0.3 is 11.1 Å². The molecule has 3 rings (SSSR count). The number of aromatic nitrogens is 1. The number of nitrogens with two attached hydrogens (primary N) is 1. The van der Waals surface area contributed by atoms with Crippen molar-refractivity contribution in [2.45, 2.75) is 31.7 Å². The van der Waals surface area contributed by atoms with E-state index in [0.717, 1.165) is 12.3 Å². The molecule has 18 heavy (non-hydrogen) atoms. The second kappa shape index (κ2) is 4.43. The Morgan fingerprint density at radius 2 is 2.28 bits per heavy atom. The molecule has 0 aliphatic heterocycles. The third-order valence-corrected chi connectivity index (χ3v) is 4.49. The molecule has 0 saturated heterocycles. The van der Waals surface area contributed by atoms with Crippen LogP contribution in [0.4, 0.5) is 5.82 Å². The summed E-state index contributed by atoms with van der Waals surface area (Å²) < 4.78 is 0. The van der Waals surface area contributed by atoms with E-state index in [9.17, 15) is 4.79 Å². The average Bonchev–Trinajstić information content (AvgIpc) is 2.94. The van der Waals surface area contributed by atoms with Crippen LogP contribution in [-0.2, 0) is 0 Å². The molecule has 3 unspecified atom stereocenters. The standard InChI is InChI=1S/C13H16ClN3O/c14-10-5-9(6-16-12(10)15)13(18)17-11-4-7-1-2-8(11)3-7/h5-8,11H,1-4H2,(H2,15,16)(H,17,18). The molecule has 0 spiro atoms. The largest absolute Gasteiger partial charge is 0.382 e. The Morgan fingerprint density at radius 1 is 1.44 bits per heavy atom. The second-order valence-electron chi connectivity index (χ2n) is 5.35. The van der Waals surface area contributed by atoms with Crippen LogP contribution in [0.15, 0.2) is 12.3 Å². The van der Waals surface area contributed by atoms with Gasteiger partial charge in [-0.2, -0.15) is 0 Å². The van der Waals surface area contributed by atoms with Crippen molar-refractivity contribution in [3.63, 3.8) is 0 Å². The first-order valence-electron chi connectivity index (χ1n) is 6.35. The highest BCUT2D eigenvalue weighted by Crippen LogP contribution is 2.44. The smallest absolute Gasteiger partial charge is 0.253 e. The van der Waals surface area contributed by atoms with Crippen LogP contribution in [0.3, 0.4) is 0 Å². The maximum Gasteiger partial charge on any atom is 0.253 e. The summed E-state index contributed by atoms with van der Waals surface area (Å²) in [6.07, 6.45) is 6.44. The highest BCUT2D eigenvalue weighted by Gasteiger charge is 2.40. The zero-order valence-corrected chi connectivity index (χ0v) is 10.8. The molecule has 5 heteroatoms. The van der Waals surface area contributed by atoms with Crippen molar-refractivity contribution in [2.75, 3.05) is 5.73 Å². The fourth-order valence-corrected chi connectivity index (χ4v) is 3.41. The number of carbonyl (C=O) groups is 1. The van der Waals surface area contributed by atoms with Gasteiger partial charge in [-0.25, -0.2) is 4.98 Å². The lowest BCUT2D eigenvalue weighted by Gasteiger charge is -2.22. The summed E-state index contributed by atoms with van der Waals surface area (Å²) in [6, 6.07) is 1.90. The molecular weight excluding hydrogens is 250 g/mol. The van der Waals surface area contributed by atoms with E-state index in [4.69, 9.17) is 17.3 Å². The number of nitrogens with zero attached hydrogens (tertiary/aromatic N) is 1. The van der Waals surface area contributed by atoms with Crippen molar-refractivity contribution in [1.82, 2.24) is 10.3 Å². The summed E-state index contributed by atoms with van der Waals surface area (Å²) in [4.78, 5) is 16.0. The van der Waals surface area contributed by atoms with E-state index in [1.807, 2.05) is 0 Å². The van der Waals surface area contributed by atoms with Crippen LogP contribution in [-0.4, -0.2) is 16.9 Å². The van der Waals surface area contributed by atoms with Gasteiger partial charge >= 0.3 is 0 Å². The molecule has 4 nitrogen and oxygen atoms in total. The monoisotopic (exact) mass is 265 g/mol. The molecule has 1 aromatic rings. The first-order chi connectivity index (χ1) is 8.63. The van der Waals surface area contributed by atoms with Crippen LogP contribution in [0.25, 0.3) is 0 Å². The van der Waals surface area contributed by atoms with Gasteiger partial charge in [-0.15, -0.1) is 0 Å². The molecule has 3 atom stereocenters. The van der Waals surface area contributed by atoms with Crippen molar-refractivity contribution in [3.05, 3.63) is 22.8 Å². The van der Waals surface area contributed by atoms with Crippen LogP contribution in [0.1, 0.15) is 36.0 Å². The Kier molecular flexibility index (Phi) is 2.90. The summed E-state index contributed by atoms with van der Waals surface area (Å²) in [5.74, 6) is 1.64. The predicted molar refractivity (Wildman–Crippen MR) is 70.4 cm³/mol. The Labute approximate surface area is 111 Å². The highest BCUT2D eigenvalue weighted by atomic mass is 35.5. The molecule has 0 radical (unpaired) electrons. The molecule has 2 saturated carbocycles. The number of fused-ring (bicyclic) bond motifs is 2. The number of anilines is 1. The SMILES string of the molecule is Nc1ncc(C(=O)NC2CC3CCC2C3)cc1Cl. The summed E-state index contributed by atoms with van der Waals surface area (Å²) in [6.45, 7) is 0. The first-order valence-corrected chi connectivity index (χ1v) is 6.73. The lowest BCUT2D eigenvalue weighted by atomic mass is 9.95. The molecule has 2 aliphatic carbocycles. The van der Waals surface area contributed by atoms with E-state index < -0.39 is 0 Å². The number of hydrogen-bond donors (Lipinski definition) is 2. The molecule has 2 aliphatic rings. The van der Waals surface area contributed by atoms with E-state index >= 15 is 0 Å². The second-order valence-corrected chi connectivity index (χ2v) is 5.75. The van der Waals surface area contributed by atoms with Crippen molar-refractivity contribution in [3.8, 4) is 0 Å². The molecular formula is C13H16ClN3O. The molecule has 1 heterocycles. The normalized spacial score (nSPS) is 29.5. The van der Waals surface area contributed by atoms with Gasteiger partial charge in [0.1, 0.15) is 5.82 Å². The number of rotatable bonds is 2. The molecule has 2 fully saturated rings. The minimum atomic E-state index is -0.0954. The van der Waals surface area contributed by atoms with E-state index in [2.05, 4.69) is 10.3 Å². The van der Waals surface area contributed by atoms with E-state index in [0.29, 0.717) is 22.5 Å². The number of halogens is 1. The quantitative estimate of drug-likeness (QED) is 0.862. The van der Waals surface area contributed by atoms with Gasteiger partial charge in [-0.1, -0.05) is 18.0 Å². The van der Waals surface area contributed by atoms with Crippen LogP contribution in [0.5, 0.6) is 0 Å². The van der Waals surface area contributed by atoms with Gasteiger partial charge in [-0.05, 0) is 37.2 Å². The summed E-state index contributed by atoms with van der Waals surface area (Å²) in [7, 11) is 0. The van der Waals surface area contributed by atoms with E-state index in [1.165, 1.54) is 25.5 Å². The van der Waals surface area contributed by atoms with Crippen molar-refractivity contribution in [1.29, 1.82) is 0 Å². The molecule has 2 bridgehead atoms. The third-order valence-electron chi connectivity index (χ3n) is 4.19. The molecule has 1 amide bonds. The summed E-state index contributed by atoms with van der Waals surface area (Å²) >= 11 is 5.87. The number of pyridine rings is 1. The minimum absolute atomic E-state index is 0.0954. The number of amides is 1. The van der Waals surface area contributed by atoms with Crippen LogP contribution >= 0.6 is 11.6 Å². The van der Waals surface area contributed by atoms with Crippen molar-refractivity contribution >= 4 is 23.3 Å². The molecule has 0 aromatic carbocycles. The molecule has 3 N–H and O–H groups in total. The maximum atomic E-state index is 12.1. The topological polar surface area (TPSA) is 68.0 Å². The number of nitrogen functional groups attached to an aromatic ring is 1. The lowest BCUT2D eigenvalue weighted by molar-refractivity contribution is 0.0922. The van der Waals surface area contributed by atoms with Gasteiger partial charge in [0.05, 0.1) is 10.6 Å². The zero-order chi connectivity index (χ0) is 12.7. The summed E-state index contributed by atoms with van der Waals surface area (Å²) in [5.41, 5.74) is 6.01. The first kappa shape index (κ1) is 11.8. The zero-order valence-electron chi connectivity index (χ0n) is 10.0. The lowest BCUT2D eigenvalue weighted by Crippen LogP contribution is -2.38. The van der Waals surface area contributed by atoms with Gasteiger partial charge in [0.2, 0.25) is 0 Å². The Balaban J connectivity index is 1.69. The average molecular weight is 266 g/mol. The number of nitrogens with one attached hydrogen (secondary N) is 1. The van der Waals surface area contributed by atoms with E-state index in [-0.39, 0.29) is 11.7 Å². The maximum absolute atomic E-state index is 12.1. The summed E-state index contributed by atoms with van der Waals surface area (Å²) in [5, 5.41) is 3.42. The predicted octanol–water partition coefficient (Wildman–Crippen LogP) is 2.24. The fourth-order valence-electron chi connectivity index (χ4n) is 3.25. The number of carbonyl (C=O) groups excluding carboxylic acids is 1. The van der Waals surface area contributed by atoms with Crippen LogP contribution in [0.2, 0.25) is 5.02 Å².